The highest BCUT2D eigenvalue weighted by molar-refractivity contribution is 5.74. The number of nitrogens with one attached hydrogen (secondary N) is 1. The van der Waals surface area contributed by atoms with Crippen LogP contribution in [0.3, 0.4) is 0 Å². The summed E-state index contributed by atoms with van der Waals surface area (Å²) in [5.74, 6) is 0.997. The molecule has 0 saturated heterocycles. The van der Waals surface area contributed by atoms with Crippen molar-refractivity contribution >= 4 is 6.03 Å². The van der Waals surface area contributed by atoms with Crippen LogP contribution in [-0.2, 0) is 6.54 Å². The monoisotopic (exact) mass is 315 g/mol. The minimum atomic E-state index is -0.0359. The van der Waals surface area contributed by atoms with E-state index in [0.717, 1.165) is 24.4 Å². The predicted octanol–water partition coefficient (Wildman–Crippen LogP) is 2.77. The van der Waals surface area contributed by atoms with Crippen molar-refractivity contribution in [2.45, 2.75) is 39.8 Å². The van der Waals surface area contributed by atoms with Crippen molar-refractivity contribution in [2.75, 3.05) is 13.1 Å². The topological polar surface area (TPSA) is 63.1 Å². The molecule has 2 aromatic heterocycles. The van der Waals surface area contributed by atoms with Gasteiger partial charge in [0.05, 0.1) is 6.04 Å². The number of carbonyl (C=O) groups excluding carboxylic acids is 1. The first-order valence-electron chi connectivity index (χ1n) is 8.05. The number of aromatic nitrogens is 3. The van der Waals surface area contributed by atoms with Crippen LogP contribution in [0.15, 0.2) is 36.9 Å². The lowest BCUT2D eigenvalue weighted by atomic mass is 10.1. The first-order chi connectivity index (χ1) is 11.1. The van der Waals surface area contributed by atoms with Crippen LogP contribution in [0.4, 0.5) is 4.79 Å². The second-order valence-corrected chi connectivity index (χ2v) is 5.50. The molecule has 1 atom stereocenters. The number of urea groups is 1. The Morgan fingerprint density at radius 3 is 2.87 bits per heavy atom. The molecule has 124 valence electrons. The molecule has 0 saturated carbocycles. The Hall–Kier alpha value is -2.37. The van der Waals surface area contributed by atoms with E-state index in [1.165, 1.54) is 0 Å². The van der Waals surface area contributed by atoms with Gasteiger partial charge in [0, 0.05) is 44.4 Å². The van der Waals surface area contributed by atoms with E-state index in [1.807, 2.05) is 50.2 Å². The first kappa shape index (κ1) is 17.0. The Bertz CT molecular complexity index is 610. The van der Waals surface area contributed by atoms with Crippen molar-refractivity contribution in [2.24, 2.45) is 0 Å². The van der Waals surface area contributed by atoms with Crippen LogP contribution in [0.2, 0.25) is 0 Å². The number of imidazole rings is 1. The third kappa shape index (κ3) is 4.55. The summed E-state index contributed by atoms with van der Waals surface area (Å²) in [4.78, 5) is 22.5. The lowest BCUT2D eigenvalue weighted by molar-refractivity contribution is 0.182. The molecule has 6 nitrogen and oxygen atoms in total. The van der Waals surface area contributed by atoms with E-state index in [1.54, 1.807) is 12.4 Å². The van der Waals surface area contributed by atoms with Gasteiger partial charge in [0.2, 0.25) is 0 Å². The fraction of sp³-hybridized carbons (Fsp3) is 0.471. The Labute approximate surface area is 137 Å². The van der Waals surface area contributed by atoms with Crippen molar-refractivity contribution < 1.29 is 4.79 Å². The second-order valence-electron chi connectivity index (χ2n) is 5.50. The molecule has 0 fully saturated rings. The minimum Gasteiger partial charge on any atom is -0.338 e. The molecule has 2 rings (SSSR count). The van der Waals surface area contributed by atoms with Gasteiger partial charge in [-0.1, -0.05) is 6.07 Å². The average Bonchev–Trinajstić information content (AvgIpc) is 2.98. The van der Waals surface area contributed by atoms with E-state index in [0.29, 0.717) is 13.1 Å². The standard InChI is InChI=1S/C17H25N5O/c1-4-22(14(2)16-7-5-8-18-13-16)17(23)20-9-6-11-21-12-10-19-15(21)3/h5,7-8,10,12-14H,4,6,9,11H2,1-3H3,(H,20,23)/t14-/m1/s1. The van der Waals surface area contributed by atoms with Crippen LogP contribution < -0.4 is 5.32 Å². The van der Waals surface area contributed by atoms with Crippen LogP contribution in [0.5, 0.6) is 0 Å². The van der Waals surface area contributed by atoms with Gasteiger partial charge < -0.3 is 14.8 Å². The molecule has 0 aliphatic heterocycles. The third-order valence-corrected chi connectivity index (χ3v) is 4.01. The molecular formula is C17H25N5O. The number of amides is 2. The molecule has 2 amide bonds. The molecule has 23 heavy (non-hydrogen) atoms. The molecule has 0 spiro atoms. The van der Waals surface area contributed by atoms with Crippen molar-refractivity contribution in [1.82, 2.24) is 24.8 Å². The summed E-state index contributed by atoms with van der Waals surface area (Å²) in [6, 6.07) is 3.86. The van der Waals surface area contributed by atoms with Gasteiger partial charge in [0.25, 0.3) is 0 Å². The zero-order valence-electron chi connectivity index (χ0n) is 14.1. The fourth-order valence-corrected chi connectivity index (χ4v) is 2.58. The van der Waals surface area contributed by atoms with E-state index >= 15 is 0 Å². The summed E-state index contributed by atoms with van der Waals surface area (Å²) in [6.45, 7) is 8.15. The van der Waals surface area contributed by atoms with E-state index in [2.05, 4.69) is 19.9 Å². The number of aryl methyl sites for hydroxylation is 2. The molecular weight excluding hydrogens is 290 g/mol. The highest BCUT2D eigenvalue weighted by Crippen LogP contribution is 2.18. The highest BCUT2D eigenvalue weighted by atomic mass is 16.2. The van der Waals surface area contributed by atoms with Crippen LogP contribution in [-0.4, -0.2) is 38.6 Å². The molecule has 1 N–H and O–H groups in total. The molecule has 0 aliphatic rings. The summed E-state index contributed by atoms with van der Waals surface area (Å²) in [7, 11) is 0. The Morgan fingerprint density at radius 1 is 1.43 bits per heavy atom. The van der Waals surface area contributed by atoms with E-state index in [9.17, 15) is 4.79 Å². The quantitative estimate of drug-likeness (QED) is 0.799. The van der Waals surface area contributed by atoms with Gasteiger partial charge in [-0.2, -0.15) is 0 Å². The maximum Gasteiger partial charge on any atom is 0.317 e. The lowest BCUT2D eigenvalue weighted by Crippen LogP contribution is -2.41. The van der Waals surface area contributed by atoms with Crippen molar-refractivity contribution in [3.8, 4) is 0 Å². The molecule has 2 heterocycles. The number of hydrogen-bond acceptors (Lipinski definition) is 3. The van der Waals surface area contributed by atoms with Crippen LogP contribution in [0.1, 0.15) is 37.7 Å². The summed E-state index contributed by atoms with van der Waals surface area (Å²) in [5.41, 5.74) is 1.04. The zero-order valence-corrected chi connectivity index (χ0v) is 14.1. The number of rotatable bonds is 7. The number of hydrogen-bond donors (Lipinski definition) is 1. The van der Waals surface area contributed by atoms with E-state index in [-0.39, 0.29) is 12.1 Å². The van der Waals surface area contributed by atoms with Crippen molar-refractivity contribution in [3.63, 3.8) is 0 Å². The molecule has 0 bridgehead atoms. The van der Waals surface area contributed by atoms with Crippen molar-refractivity contribution in [1.29, 1.82) is 0 Å². The molecule has 6 heteroatoms. The molecule has 0 aliphatic carbocycles. The highest BCUT2D eigenvalue weighted by Gasteiger charge is 2.19. The van der Waals surface area contributed by atoms with Crippen LogP contribution in [0, 0.1) is 6.92 Å². The van der Waals surface area contributed by atoms with Gasteiger partial charge in [-0.3, -0.25) is 4.98 Å². The van der Waals surface area contributed by atoms with Crippen LogP contribution in [0.25, 0.3) is 0 Å². The second kappa shape index (κ2) is 8.31. The maximum atomic E-state index is 12.4. The summed E-state index contributed by atoms with van der Waals surface area (Å²) >= 11 is 0. The van der Waals surface area contributed by atoms with Crippen LogP contribution >= 0.6 is 0 Å². The summed E-state index contributed by atoms with van der Waals surface area (Å²) in [5, 5.41) is 3.00. The first-order valence-corrected chi connectivity index (χ1v) is 8.05. The van der Waals surface area contributed by atoms with Gasteiger partial charge >= 0.3 is 6.03 Å². The predicted molar refractivity (Wildman–Crippen MR) is 90.0 cm³/mol. The Morgan fingerprint density at radius 2 is 2.26 bits per heavy atom. The van der Waals surface area contributed by atoms with E-state index < -0.39 is 0 Å². The van der Waals surface area contributed by atoms with E-state index in [4.69, 9.17) is 0 Å². The smallest absolute Gasteiger partial charge is 0.317 e. The van der Waals surface area contributed by atoms with Gasteiger partial charge in [0.15, 0.2) is 0 Å². The third-order valence-electron chi connectivity index (χ3n) is 4.01. The Kier molecular flexibility index (Phi) is 6.14. The largest absolute Gasteiger partial charge is 0.338 e. The van der Waals surface area contributed by atoms with Gasteiger partial charge in [-0.25, -0.2) is 9.78 Å². The minimum absolute atomic E-state index is 0.00425. The molecule has 0 radical (unpaired) electrons. The molecule has 2 aromatic rings. The fourth-order valence-electron chi connectivity index (χ4n) is 2.58. The number of pyridine rings is 1. The summed E-state index contributed by atoms with van der Waals surface area (Å²) in [6.07, 6.45) is 8.18. The average molecular weight is 315 g/mol. The normalized spacial score (nSPS) is 12.0. The zero-order chi connectivity index (χ0) is 16.7. The van der Waals surface area contributed by atoms with Gasteiger partial charge in [0.1, 0.15) is 5.82 Å². The molecule has 0 aromatic carbocycles. The molecule has 0 unspecified atom stereocenters. The SMILES string of the molecule is CCN(C(=O)NCCCn1ccnc1C)[C@H](C)c1cccnc1. The van der Waals surface area contributed by atoms with Gasteiger partial charge in [-0.05, 0) is 38.8 Å². The lowest BCUT2D eigenvalue weighted by Gasteiger charge is -2.28. The Balaban J connectivity index is 1.82. The number of nitrogens with zero attached hydrogens (tertiary/aromatic N) is 4. The number of carbonyl (C=O) groups is 1. The summed E-state index contributed by atoms with van der Waals surface area (Å²) < 4.78 is 2.09. The maximum absolute atomic E-state index is 12.4. The van der Waals surface area contributed by atoms with Gasteiger partial charge in [-0.15, -0.1) is 0 Å². The van der Waals surface area contributed by atoms with Crippen molar-refractivity contribution in [3.05, 3.63) is 48.3 Å².